The van der Waals surface area contributed by atoms with Crippen molar-refractivity contribution in [3.05, 3.63) is 78.6 Å². The number of hydrogen-bond acceptors (Lipinski definition) is 6. The van der Waals surface area contributed by atoms with Crippen LogP contribution < -0.4 is 20.1 Å². The Balaban J connectivity index is 1.59. The molecule has 2 N–H and O–H groups in total. The van der Waals surface area contributed by atoms with Crippen LogP contribution in [-0.2, 0) is 4.74 Å². The molecule has 9 nitrogen and oxygen atoms in total. The van der Waals surface area contributed by atoms with E-state index in [0.717, 1.165) is 0 Å². The van der Waals surface area contributed by atoms with Gasteiger partial charge in [-0.05, 0) is 42.5 Å². The summed E-state index contributed by atoms with van der Waals surface area (Å²) in [5.41, 5.74) is 2.22. The topological polar surface area (TPSA) is 99.5 Å². The summed E-state index contributed by atoms with van der Waals surface area (Å²) in [6, 6.07) is 19.8. The summed E-state index contributed by atoms with van der Waals surface area (Å²) in [6.45, 7) is 0.626. The highest BCUT2D eigenvalue weighted by Gasteiger charge is 2.16. The van der Waals surface area contributed by atoms with Gasteiger partial charge in [0.15, 0.2) is 5.82 Å². The maximum Gasteiger partial charge on any atom is 0.336 e. The third kappa shape index (κ3) is 6.12. The maximum absolute atomic E-state index is 13.9. The van der Waals surface area contributed by atoms with Crippen LogP contribution in [0.5, 0.6) is 11.8 Å². The van der Waals surface area contributed by atoms with Gasteiger partial charge in [0.1, 0.15) is 18.2 Å². The molecular formula is C25H24FN5O4. The predicted molar refractivity (Wildman–Crippen MR) is 130 cm³/mol. The molecule has 0 fully saturated rings. The Bertz CT molecular complexity index is 1310. The molecule has 35 heavy (non-hydrogen) atoms. The lowest BCUT2D eigenvalue weighted by Crippen LogP contribution is -2.19. The highest BCUT2D eigenvalue weighted by Crippen LogP contribution is 2.26. The number of aromatic nitrogens is 3. The Kier molecular flexibility index (Phi) is 7.53. The minimum absolute atomic E-state index is 0.121. The van der Waals surface area contributed by atoms with E-state index in [-0.39, 0.29) is 12.6 Å². The minimum atomic E-state index is -0.428. The fourth-order valence-corrected chi connectivity index (χ4v) is 3.27. The Morgan fingerprint density at radius 3 is 2.43 bits per heavy atom. The van der Waals surface area contributed by atoms with Crippen LogP contribution in [0.2, 0.25) is 0 Å². The highest BCUT2D eigenvalue weighted by molar-refractivity contribution is 6.00. The van der Waals surface area contributed by atoms with Crippen molar-refractivity contribution >= 4 is 17.4 Å². The molecule has 10 heteroatoms. The number of benzene rings is 3. The highest BCUT2D eigenvalue weighted by atomic mass is 19.1. The van der Waals surface area contributed by atoms with E-state index in [9.17, 15) is 9.18 Å². The Morgan fingerprint density at radius 2 is 1.69 bits per heavy atom. The van der Waals surface area contributed by atoms with Gasteiger partial charge < -0.3 is 24.8 Å². The first kappa shape index (κ1) is 23.7. The molecule has 1 heterocycles. The average molecular weight is 477 g/mol. The van der Waals surface area contributed by atoms with E-state index in [4.69, 9.17) is 14.2 Å². The molecule has 0 spiro atoms. The first-order valence-corrected chi connectivity index (χ1v) is 10.7. The molecule has 180 valence electrons. The normalized spacial score (nSPS) is 10.6. The SMILES string of the molecule is COCCOc1nc(-c2cccc(F)c2)n(-c2cccc(NC(=O)Nc3cccc(OC)c3)c2)n1. The van der Waals surface area contributed by atoms with Crippen LogP contribution in [0.1, 0.15) is 0 Å². The molecule has 0 atom stereocenters. The van der Waals surface area contributed by atoms with Crippen molar-refractivity contribution < 1.29 is 23.4 Å². The van der Waals surface area contributed by atoms with E-state index in [1.807, 2.05) is 0 Å². The zero-order valence-corrected chi connectivity index (χ0v) is 19.2. The van der Waals surface area contributed by atoms with Crippen molar-refractivity contribution in [2.24, 2.45) is 0 Å². The van der Waals surface area contributed by atoms with Gasteiger partial charge in [-0.15, -0.1) is 5.10 Å². The number of halogens is 1. The fourth-order valence-electron chi connectivity index (χ4n) is 3.27. The van der Waals surface area contributed by atoms with E-state index < -0.39 is 11.8 Å². The maximum atomic E-state index is 13.9. The zero-order chi connectivity index (χ0) is 24.6. The molecule has 3 aromatic carbocycles. The third-order valence-electron chi connectivity index (χ3n) is 4.87. The molecule has 0 bridgehead atoms. The van der Waals surface area contributed by atoms with Crippen molar-refractivity contribution in [3.8, 4) is 28.8 Å². The number of carbonyl (C=O) groups is 1. The molecule has 2 amide bonds. The van der Waals surface area contributed by atoms with E-state index >= 15 is 0 Å². The van der Waals surface area contributed by atoms with Crippen LogP contribution >= 0.6 is 0 Å². The van der Waals surface area contributed by atoms with Crippen LogP contribution in [0.25, 0.3) is 17.1 Å². The van der Waals surface area contributed by atoms with E-state index in [2.05, 4.69) is 20.7 Å². The number of methoxy groups -OCH3 is 2. The third-order valence-corrected chi connectivity index (χ3v) is 4.87. The molecule has 0 radical (unpaired) electrons. The summed E-state index contributed by atoms with van der Waals surface area (Å²) in [4.78, 5) is 17.0. The second kappa shape index (κ2) is 11.1. The minimum Gasteiger partial charge on any atom is -0.497 e. The summed E-state index contributed by atoms with van der Waals surface area (Å²) in [7, 11) is 3.12. The zero-order valence-electron chi connectivity index (χ0n) is 19.2. The van der Waals surface area contributed by atoms with E-state index in [0.29, 0.717) is 40.8 Å². The van der Waals surface area contributed by atoms with Gasteiger partial charge in [0.05, 0.1) is 19.4 Å². The molecule has 1 aromatic heterocycles. The monoisotopic (exact) mass is 477 g/mol. The van der Waals surface area contributed by atoms with Gasteiger partial charge >= 0.3 is 12.0 Å². The van der Waals surface area contributed by atoms with Gasteiger partial charge in [0.25, 0.3) is 0 Å². The van der Waals surface area contributed by atoms with Crippen LogP contribution in [0.3, 0.4) is 0 Å². The molecule has 0 aliphatic heterocycles. The number of ether oxygens (including phenoxy) is 3. The van der Waals surface area contributed by atoms with Gasteiger partial charge in [0, 0.05) is 30.1 Å². The standard InChI is InChI=1S/C25H24FN5O4/c1-33-12-13-35-25-29-23(17-6-3-7-18(26)14-17)31(30-25)21-10-4-8-19(15-21)27-24(32)28-20-9-5-11-22(16-20)34-2/h3-11,14-16H,12-13H2,1-2H3,(H2,27,28,32). The number of urea groups is 1. The lowest BCUT2D eigenvalue weighted by atomic mass is 10.2. The summed E-state index contributed by atoms with van der Waals surface area (Å²) in [5.74, 6) is 0.614. The number of carbonyl (C=O) groups excluding carboxylic acids is 1. The summed E-state index contributed by atoms with van der Waals surface area (Å²) >= 11 is 0. The fraction of sp³-hybridized carbons (Fsp3) is 0.160. The number of hydrogen-bond donors (Lipinski definition) is 2. The second-order valence-corrected chi connectivity index (χ2v) is 7.34. The Morgan fingerprint density at radius 1 is 0.943 bits per heavy atom. The summed E-state index contributed by atoms with van der Waals surface area (Å²) < 4.78 is 31.2. The van der Waals surface area contributed by atoms with Crippen LogP contribution in [-0.4, -0.2) is 48.2 Å². The van der Waals surface area contributed by atoms with Gasteiger partial charge in [-0.3, -0.25) is 0 Å². The van der Waals surface area contributed by atoms with Crippen LogP contribution in [0.15, 0.2) is 72.8 Å². The van der Waals surface area contributed by atoms with Crippen molar-refractivity contribution in [2.75, 3.05) is 38.1 Å². The summed E-state index contributed by atoms with van der Waals surface area (Å²) in [6.07, 6.45) is 0. The van der Waals surface area contributed by atoms with E-state index in [1.165, 1.54) is 16.8 Å². The molecular weight excluding hydrogens is 453 g/mol. The van der Waals surface area contributed by atoms with Crippen molar-refractivity contribution in [1.29, 1.82) is 0 Å². The number of amides is 2. The van der Waals surface area contributed by atoms with Crippen LogP contribution in [0.4, 0.5) is 20.6 Å². The molecule has 0 unspecified atom stereocenters. The smallest absolute Gasteiger partial charge is 0.336 e. The van der Waals surface area contributed by atoms with Crippen LogP contribution in [0, 0.1) is 5.82 Å². The van der Waals surface area contributed by atoms with E-state index in [1.54, 1.807) is 74.9 Å². The quantitative estimate of drug-likeness (QED) is 0.338. The molecule has 0 aliphatic carbocycles. The average Bonchev–Trinajstić information content (AvgIpc) is 3.29. The molecule has 4 rings (SSSR count). The number of nitrogens with zero attached hydrogens (tertiary/aromatic N) is 3. The first-order chi connectivity index (χ1) is 17.1. The van der Waals surface area contributed by atoms with Gasteiger partial charge in [-0.25, -0.2) is 13.9 Å². The lowest BCUT2D eigenvalue weighted by Gasteiger charge is -2.11. The number of anilines is 2. The number of nitrogens with one attached hydrogen (secondary N) is 2. The summed E-state index contributed by atoms with van der Waals surface area (Å²) in [5, 5.41) is 9.99. The lowest BCUT2D eigenvalue weighted by molar-refractivity contribution is 0.141. The predicted octanol–water partition coefficient (Wildman–Crippen LogP) is 4.75. The molecule has 0 saturated carbocycles. The van der Waals surface area contributed by atoms with Gasteiger partial charge in [-0.2, -0.15) is 4.98 Å². The van der Waals surface area contributed by atoms with Crippen molar-refractivity contribution in [2.45, 2.75) is 0 Å². The molecule has 4 aromatic rings. The largest absolute Gasteiger partial charge is 0.497 e. The Hall–Kier alpha value is -4.44. The van der Waals surface area contributed by atoms with Gasteiger partial charge in [0.2, 0.25) is 0 Å². The molecule has 0 saturated heterocycles. The first-order valence-electron chi connectivity index (χ1n) is 10.7. The number of rotatable bonds is 9. The second-order valence-electron chi connectivity index (χ2n) is 7.34. The van der Waals surface area contributed by atoms with Crippen molar-refractivity contribution in [1.82, 2.24) is 14.8 Å². The molecule has 0 aliphatic rings. The van der Waals surface area contributed by atoms with Crippen molar-refractivity contribution in [3.63, 3.8) is 0 Å². The Labute approximate surface area is 201 Å². The van der Waals surface area contributed by atoms with Gasteiger partial charge in [-0.1, -0.05) is 24.3 Å².